The molecule has 0 saturated carbocycles. The minimum atomic E-state index is -0.0813. The van der Waals surface area contributed by atoms with E-state index in [1.54, 1.807) is 0 Å². The molecule has 1 aromatic carbocycles. The first kappa shape index (κ1) is 16.3. The Morgan fingerprint density at radius 1 is 1.29 bits per heavy atom. The van der Waals surface area contributed by atoms with E-state index in [9.17, 15) is 4.79 Å². The Kier molecular flexibility index (Phi) is 4.95. The fourth-order valence-electron chi connectivity index (χ4n) is 3.98. The number of rotatable bonds is 2. The summed E-state index contributed by atoms with van der Waals surface area (Å²) in [4.78, 5) is 14.6. The van der Waals surface area contributed by atoms with Gasteiger partial charge >= 0.3 is 5.97 Å². The minimum absolute atomic E-state index is 0. The van der Waals surface area contributed by atoms with Crippen LogP contribution in [0.4, 0.5) is 0 Å². The number of carbonyl (C=O) groups is 1. The van der Waals surface area contributed by atoms with Crippen molar-refractivity contribution in [2.75, 3.05) is 14.2 Å². The fraction of sp³-hybridized carbons (Fsp3) is 0.588. The second-order valence-electron chi connectivity index (χ2n) is 5.91. The van der Waals surface area contributed by atoms with Gasteiger partial charge in [-0.05, 0) is 44.0 Å². The molecule has 1 aromatic rings. The first-order valence-corrected chi connectivity index (χ1v) is 7.55. The van der Waals surface area contributed by atoms with Crippen LogP contribution in [0.5, 0.6) is 0 Å². The van der Waals surface area contributed by atoms with Crippen LogP contribution >= 0.6 is 11.6 Å². The van der Waals surface area contributed by atoms with Gasteiger partial charge < -0.3 is 4.74 Å². The zero-order chi connectivity index (χ0) is 14.3. The predicted molar refractivity (Wildman–Crippen MR) is 85.6 cm³/mol. The van der Waals surface area contributed by atoms with Gasteiger partial charge in [0.15, 0.2) is 0 Å². The molecule has 3 nitrogen and oxygen atoms in total. The van der Waals surface area contributed by atoms with E-state index in [1.165, 1.54) is 19.1 Å². The van der Waals surface area contributed by atoms with Gasteiger partial charge in [0.1, 0.15) is 0 Å². The van der Waals surface area contributed by atoms with Gasteiger partial charge in [0.25, 0.3) is 0 Å². The van der Waals surface area contributed by atoms with E-state index in [0.29, 0.717) is 12.1 Å². The maximum Gasteiger partial charge on any atom is 0.310 e. The van der Waals surface area contributed by atoms with Crippen LogP contribution in [-0.4, -0.2) is 37.1 Å². The lowest BCUT2D eigenvalue weighted by Gasteiger charge is -2.41. The Bertz CT molecular complexity index is 502. The van der Waals surface area contributed by atoms with Crippen LogP contribution in [0.25, 0.3) is 0 Å². The molecule has 2 heterocycles. The van der Waals surface area contributed by atoms with E-state index in [-0.39, 0.29) is 25.2 Å². The molecule has 21 heavy (non-hydrogen) atoms. The molecule has 2 fully saturated rings. The monoisotopic (exact) mass is 309 g/mol. The number of ether oxygens (including phenoxy) is 1. The average molecular weight is 310 g/mol. The minimum Gasteiger partial charge on any atom is -0.469 e. The number of esters is 1. The van der Waals surface area contributed by atoms with E-state index in [4.69, 9.17) is 16.3 Å². The highest BCUT2D eigenvalue weighted by Crippen LogP contribution is 2.46. The molecular formula is C17H24ClNO2. The molecule has 0 N–H and O–H groups in total. The van der Waals surface area contributed by atoms with Crippen molar-refractivity contribution in [2.24, 2.45) is 5.92 Å². The third-order valence-electron chi connectivity index (χ3n) is 5.04. The quantitative estimate of drug-likeness (QED) is 0.780. The highest BCUT2D eigenvalue weighted by atomic mass is 35.5. The number of hydrogen-bond donors (Lipinski definition) is 0. The Hall–Kier alpha value is -1.06. The lowest BCUT2D eigenvalue weighted by Crippen LogP contribution is -2.49. The number of fused-ring (bicyclic) bond motifs is 2. The van der Waals surface area contributed by atoms with E-state index in [1.807, 2.05) is 24.3 Å². The van der Waals surface area contributed by atoms with Crippen molar-refractivity contribution in [3.63, 3.8) is 0 Å². The zero-order valence-electron chi connectivity index (χ0n) is 11.9. The largest absolute Gasteiger partial charge is 0.469 e. The summed E-state index contributed by atoms with van der Waals surface area (Å²) in [6.45, 7) is 0. The van der Waals surface area contributed by atoms with Crippen molar-refractivity contribution in [1.29, 1.82) is 0 Å². The van der Waals surface area contributed by atoms with Crippen molar-refractivity contribution < 1.29 is 9.53 Å². The molecule has 116 valence electrons. The summed E-state index contributed by atoms with van der Waals surface area (Å²) >= 11 is 5.97. The average Bonchev–Trinajstić information content (AvgIpc) is 2.70. The topological polar surface area (TPSA) is 29.5 Å². The van der Waals surface area contributed by atoms with Crippen LogP contribution in [0.3, 0.4) is 0 Å². The van der Waals surface area contributed by atoms with Crippen LogP contribution in [0.1, 0.15) is 38.2 Å². The fourth-order valence-corrected chi connectivity index (χ4v) is 4.10. The number of carbonyl (C=O) groups excluding carboxylic acids is 1. The van der Waals surface area contributed by atoms with Gasteiger partial charge in [0.05, 0.1) is 13.0 Å². The summed E-state index contributed by atoms with van der Waals surface area (Å²) in [7, 11) is 3.62. The Balaban J connectivity index is 0.00000161. The van der Waals surface area contributed by atoms with Gasteiger partial charge in [-0.15, -0.1) is 0 Å². The van der Waals surface area contributed by atoms with Gasteiger partial charge in [-0.1, -0.05) is 31.2 Å². The molecule has 0 aromatic heterocycles. The molecule has 0 aliphatic carbocycles. The van der Waals surface area contributed by atoms with Crippen LogP contribution in [0.2, 0.25) is 5.02 Å². The Morgan fingerprint density at radius 2 is 1.95 bits per heavy atom. The number of methoxy groups -OCH3 is 1. The van der Waals surface area contributed by atoms with Crippen molar-refractivity contribution >= 4 is 17.6 Å². The van der Waals surface area contributed by atoms with Crippen LogP contribution in [0, 0.1) is 5.92 Å². The first-order valence-electron chi connectivity index (χ1n) is 7.17. The molecule has 4 heteroatoms. The number of piperidine rings is 1. The number of hydrogen-bond acceptors (Lipinski definition) is 3. The summed E-state index contributed by atoms with van der Waals surface area (Å²) in [6, 6.07) is 8.81. The highest BCUT2D eigenvalue weighted by Gasteiger charge is 2.49. The second kappa shape index (κ2) is 6.37. The number of halogens is 1. The van der Waals surface area contributed by atoms with Gasteiger partial charge in [-0.2, -0.15) is 0 Å². The Morgan fingerprint density at radius 3 is 2.57 bits per heavy atom. The van der Waals surface area contributed by atoms with E-state index >= 15 is 0 Å². The normalized spacial score (nSPS) is 31.6. The van der Waals surface area contributed by atoms with Gasteiger partial charge in [-0.3, -0.25) is 9.69 Å². The summed E-state index contributed by atoms with van der Waals surface area (Å²) in [6.07, 6.45) is 3.29. The first-order chi connectivity index (χ1) is 9.61. The van der Waals surface area contributed by atoms with Crippen molar-refractivity contribution in [3.05, 3.63) is 34.9 Å². The van der Waals surface area contributed by atoms with Crippen molar-refractivity contribution in [1.82, 2.24) is 4.90 Å². The molecule has 0 amide bonds. The summed E-state index contributed by atoms with van der Waals surface area (Å²) < 4.78 is 5.07. The van der Waals surface area contributed by atoms with Gasteiger partial charge in [0, 0.05) is 23.0 Å². The molecule has 2 unspecified atom stereocenters. The molecule has 0 spiro atoms. The van der Waals surface area contributed by atoms with Crippen LogP contribution < -0.4 is 0 Å². The maximum atomic E-state index is 12.3. The lowest BCUT2D eigenvalue weighted by molar-refractivity contribution is -0.150. The van der Waals surface area contributed by atoms with Crippen molar-refractivity contribution in [3.8, 4) is 0 Å². The smallest absolute Gasteiger partial charge is 0.310 e. The predicted octanol–water partition coefficient (Wildman–Crippen LogP) is 3.72. The SMILES string of the molecule is C.COC(=O)C1C2CC[C@H](C[C@@H]1c1ccc(Cl)cc1)N2C. The molecule has 2 bridgehead atoms. The molecule has 2 aliphatic heterocycles. The van der Waals surface area contributed by atoms with Crippen LogP contribution in [0.15, 0.2) is 24.3 Å². The molecular weight excluding hydrogens is 286 g/mol. The van der Waals surface area contributed by atoms with Gasteiger partial charge in [0.2, 0.25) is 0 Å². The summed E-state index contributed by atoms with van der Waals surface area (Å²) in [5, 5.41) is 0.735. The lowest BCUT2D eigenvalue weighted by atomic mass is 9.76. The van der Waals surface area contributed by atoms with Gasteiger partial charge in [-0.25, -0.2) is 0 Å². The summed E-state index contributed by atoms with van der Waals surface area (Å²) in [5.74, 6) is 0.0977. The molecule has 2 aliphatic rings. The molecule has 3 rings (SSSR count). The van der Waals surface area contributed by atoms with Crippen molar-refractivity contribution in [2.45, 2.75) is 44.7 Å². The summed E-state index contributed by atoms with van der Waals surface area (Å²) in [5.41, 5.74) is 1.20. The number of nitrogens with zero attached hydrogens (tertiary/aromatic N) is 1. The van der Waals surface area contributed by atoms with Crippen LogP contribution in [-0.2, 0) is 9.53 Å². The Labute approximate surface area is 132 Å². The van der Waals surface area contributed by atoms with E-state index in [2.05, 4.69) is 11.9 Å². The molecule has 2 saturated heterocycles. The standard InChI is InChI=1S/C16H20ClNO2.CH4/c1-18-12-7-8-14(18)15(16(19)20-2)13(9-12)10-3-5-11(17)6-4-10;/h3-6,12-15H,7-9H2,1-2H3;1H4/t12-,13-,14?,15?;/m1./s1. The molecule has 4 atom stereocenters. The highest BCUT2D eigenvalue weighted by molar-refractivity contribution is 6.30. The second-order valence-corrected chi connectivity index (χ2v) is 6.34. The number of benzene rings is 1. The third-order valence-corrected chi connectivity index (χ3v) is 5.29. The zero-order valence-corrected chi connectivity index (χ0v) is 12.6. The van der Waals surface area contributed by atoms with E-state index < -0.39 is 0 Å². The maximum absolute atomic E-state index is 12.3. The molecule has 0 radical (unpaired) electrons. The third kappa shape index (κ3) is 2.82. The van der Waals surface area contributed by atoms with E-state index in [0.717, 1.165) is 17.9 Å².